The van der Waals surface area contributed by atoms with Crippen LogP contribution in [0.3, 0.4) is 0 Å². The van der Waals surface area contributed by atoms with E-state index in [0.29, 0.717) is 23.3 Å². The Hall–Kier alpha value is -3.20. The zero-order valence-corrected chi connectivity index (χ0v) is 38.1. The van der Waals surface area contributed by atoms with E-state index in [1.807, 2.05) is 26.0 Å². The molecule has 2 amide bonds. The number of carbonyl (C=O) groups excluding carboxylic acids is 4. The number of fused-ring (bicyclic) bond motifs is 7. The number of halogens is 1. The van der Waals surface area contributed by atoms with Gasteiger partial charge in [-0.05, 0) is 140 Å². The molecule has 324 valence electrons. The van der Waals surface area contributed by atoms with Crippen LogP contribution in [0.5, 0.6) is 0 Å². The number of carbonyl (C=O) groups is 5. The van der Waals surface area contributed by atoms with Gasteiger partial charge in [-0.3, -0.25) is 24.0 Å². The van der Waals surface area contributed by atoms with E-state index in [0.717, 1.165) is 62.5 Å². The summed E-state index contributed by atoms with van der Waals surface area (Å²) in [5.41, 5.74) is 0.803. The number of carboxylic acid groups (broad SMARTS) is 1. The minimum atomic E-state index is -1.39. The van der Waals surface area contributed by atoms with Crippen molar-refractivity contribution < 1.29 is 33.8 Å². The molecule has 1 aromatic rings. The molecular weight excluding hydrogens is 764 g/mol. The molecule has 1 aromatic carbocycles. The van der Waals surface area contributed by atoms with Gasteiger partial charge in [-0.2, -0.15) is 0 Å². The van der Waals surface area contributed by atoms with Crippen molar-refractivity contribution in [3.05, 3.63) is 46.0 Å². The second-order valence-electron chi connectivity index (χ2n) is 22.3. The summed E-state index contributed by atoms with van der Waals surface area (Å²) in [5, 5.41) is 16.3. The van der Waals surface area contributed by atoms with Crippen LogP contribution < -0.4 is 10.6 Å². The molecule has 3 N–H and O–H groups in total. The third-order valence-electron chi connectivity index (χ3n) is 18.3. The standard InChI is InChI=1S/C49H69ClN2O7/c1-26(2)36-37-29(38(39(36)53)52-43(58)46(7,8)42(57)51-25-27-12-14-28(50)15-13-27)18-22-48(10)30(37)16-17-34-47(9)21-20-35(45(5,6)33(47)19-23-49(34,48)11)59-41(56)32-24-31(40(54)55)44(32,3)4/h12-15,26,29-35,38H,16-25H2,1-11H3,(H,51,57)(H,52,58)(H,54,55)/t29?,30-,31+,32-,33+,34-,35+,38+,47+,48-,49-/m1/s1. The van der Waals surface area contributed by atoms with Crippen molar-refractivity contribution in [2.75, 3.05) is 0 Å². The summed E-state index contributed by atoms with van der Waals surface area (Å²) in [6.45, 7) is 23.6. The summed E-state index contributed by atoms with van der Waals surface area (Å²) in [6.07, 6.45) is 7.83. The third-order valence-corrected chi connectivity index (χ3v) is 18.5. The van der Waals surface area contributed by atoms with Crippen molar-refractivity contribution in [1.29, 1.82) is 0 Å². The maximum Gasteiger partial charge on any atom is 0.309 e. The zero-order valence-electron chi connectivity index (χ0n) is 37.4. The molecule has 6 aliphatic rings. The zero-order chi connectivity index (χ0) is 43.4. The molecule has 9 nitrogen and oxygen atoms in total. The number of ether oxygens (including phenoxy) is 1. The summed E-state index contributed by atoms with van der Waals surface area (Å²) in [4.78, 5) is 67.4. The molecule has 0 spiro atoms. The van der Waals surface area contributed by atoms with Gasteiger partial charge >= 0.3 is 11.9 Å². The van der Waals surface area contributed by atoms with Crippen molar-refractivity contribution >= 4 is 41.1 Å². The molecule has 59 heavy (non-hydrogen) atoms. The van der Waals surface area contributed by atoms with Crippen LogP contribution in [-0.4, -0.2) is 46.8 Å². The largest absolute Gasteiger partial charge is 0.481 e. The average molecular weight is 834 g/mol. The number of amides is 2. The number of ketones is 1. The van der Waals surface area contributed by atoms with Gasteiger partial charge in [0, 0.05) is 22.9 Å². The van der Waals surface area contributed by atoms with E-state index in [4.69, 9.17) is 16.3 Å². The van der Waals surface area contributed by atoms with Gasteiger partial charge in [0.15, 0.2) is 5.78 Å². The second kappa shape index (κ2) is 14.7. The molecule has 7 rings (SSSR count). The predicted octanol–water partition coefficient (Wildman–Crippen LogP) is 9.35. The number of hydrogen-bond acceptors (Lipinski definition) is 6. The smallest absolute Gasteiger partial charge is 0.309 e. The summed E-state index contributed by atoms with van der Waals surface area (Å²) in [7, 11) is 0. The maximum atomic E-state index is 14.5. The number of Topliss-reactive ketones (excluding diaryl/α,β-unsaturated/α-hetero) is 1. The highest BCUT2D eigenvalue weighted by molar-refractivity contribution is 6.30. The van der Waals surface area contributed by atoms with E-state index in [-0.39, 0.29) is 63.8 Å². The van der Waals surface area contributed by atoms with E-state index in [2.05, 4.69) is 59.1 Å². The topological polar surface area (TPSA) is 139 Å². The van der Waals surface area contributed by atoms with Crippen molar-refractivity contribution in [2.45, 2.75) is 153 Å². The molecule has 0 heterocycles. The predicted molar refractivity (Wildman–Crippen MR) is 228 cm³/mol. The van der Waals surface area contributed by atoms with Crippen LogP contribution in [0.2, 0.25) is 5.02 Å². The molecule has 11 atom stereocenters. The Morgan fingerprint density at radius 3 is 2.08 bits per heavy atom. The molecule has 0 radical (unpaired) electrons. The molecule has 0 saturated heterocycles. The van der Waals surface area contributed by atoms with Crippen LogP contribution in [0.25, 0.3) is 0 Å². The van der Waals surface area contributed by atoms with Gasteiger partial charge < -0.3 is 20.5 Å². The van der Waals surface area contributed by atoms with Crippen molar-refractivity contribution in [3.8, 4) is 0 Å². The van der Waals surface area contributed by atoms with E-state index < -0.39 is 46.5 Å². The molecule has 1 unspecified atom stereocenters. The summed E-state index contributed by atoms with van der Waals surface area (Å²) in [5.74, 6) is -1.85. The highest BCUT2D eigenvalue weighted by Crippen LogP contribution is 2.75. The van der Waals surface area contributed by atoms with E-state index in [9.17, 15) is 29.1 Å². The average Bonchev–Trinajstić information content (AvgIpc) is 3.42. The number of esters is 1. The van der Waals surface area contributed by atoms with Crippen molar-refractivity contribution in [2.24, 2.45) is 73.9 Å². The van der Waals surface area contributed by atoms with Gasteiger partial charge in [0.1, 0.15) is 11.5 Å². The van der Waals surface area contributed by atoms with Gasteiger partial charge in [0.25, 0.3) is 0 Å². The van der Waals surface area contributed by atoms with E-state index in [1.165, 1.54) is 5.57 Å². The monoisotopic (exact) mass is 832 g/mol. The minimum absolute atomic E-state index is 0.0105. The summed E-state index contributed by atoms with van der Waals surface area (Å²) >= 11 is 6.03. The lowest BCUT2D eigenvalue weighted by molar-refractivity contribution is -0.235. The van der Waals surface area contributed by atoms with Crippen LogP contribution in [0, 0.1) is 73.9 Å². The van der Waals surface area contributed by atoms with Crippen LogP contribution in [0.15, 0.2) is 35.4 Å². The fourth-order valence-electron chi connectivity index (χ4n) is 14.4. The van der Waals surface area contributed by atoms with Crippen molar-refractivity contribution in [1.82, 2.24) is 10.6 Å². The molecular formula is C49H69ClN2O7. The number of hydrogen-bond donors (Lipinski definition) is 3. The fourth-order valence-corrected chi connectivity index (χ4v) is 14.5. The Morgan fingerprint density at radius 1 is 0.831 bits per heavy atom. The van der Waals surface area contributed by atoms with E-state index >= 15 is 0 Å². The Labute approximate surface area is 357 Å². The first-order valence-electron chi connectivity index (χ1n) is 22.4. The quantitative estimate of drug-likeness (QED) is 0.167. The Balaban J connectivity index is 1.08. The molecule has 5 saturated carbocycles. The fraction of sp³-hybridized carbons (Fsp3) is 0.735. The van der Waals surface area contributed by atoms with Gasteiger partial charge in [0.2, 0.25) is 11.8 Å². The highest BCUT2D eigenvalue weighted by Gasteiger charge is 2.69. The number of nitrogens with one attached hydrogen (secondary N) is 2. The lowest BCUT2D eigenvalue weighted by Crippen LogP contribution is -2.65. The maximum absolute atomic E-state index is 14.5. The Kier molecular flexibility index (Phi) is 10.9. The molecule has 0 aliphatic heterocycles. The van der Waals surface area contributed by atoms with Gasteiger partial charge in [-0.15, -0.1) is 0 Å². The van der Waals surface area contributed by atoms with Crippen LogP contribution in [0.1, 0.15) is 140 Å². The van der Waals surface area contributed by atoms with Gasteiger partial charge in [-0.25, -0.2) is 0 Å². The Morgan fingerprint density at radius 2 is 1.47 bits per heavy atom. The van der Waals surface area contributed by atoms with Crippen LogP contribution in [0.4, 0.5) is 0 Å². The van der Waals surface area contributed by atoms with Crippen LogP contribution >= 0.6 is 11.6 Å². The molecule has 5 fully saturated rings. The number of aliphatic carboxylic acids is 1. The van der Waals surface area contributed by atoms with Crippen LogP contribution in [-0.2, 0) is 35.3 Å². The van der Waals surface area contributed by atoms with Crippen molar-refractivity contribution in [3.63, 3.8) is 0 Å². The molecule has 10 heteroatoms. The molecule has 0 aromatic heterocycles. The summed E-state index contributed by atoms with van der Waals surface area (Å²) < 4.78 is 6.41. The lowest BCUT2D eigenvalue weighted by Gasteiger charge is -2.71. The number of carboxylic acids is 1. The SMILES string of the molecule is CC(C)C1=C2C(CC[C@]3(C)[C@@H]2CC[C@@H]2[C@@]4(C)CC[C@H](OC(=O)[C@H]5C[C@@H](C(=O)O)C5(C)C)C(C)(C)[C@@H]4CC[C@]23C)[C@H](NC(=O)C(C)(C)C(=O)NCc2ccc(Cl)cc2)C1=O. The van der Waals surface area contributed by atoms with Gasteiger partial charge in [-0.1, -0.05) is 91.6 Å². The normalized spacial score (nSPS) is 38.2. The second-order valence-corrected chi connectivity index (χ2v) is 22.8. The van der Waals surface area contributed by atoms with Gasteiger partial charge in [0.05, 0.1) is 17.9 Å². The first-order chi connectivity index (χ1) is 27.3. The minimum Gasteiger partial charge on any atom is -0.481 e. The van der Waals surface area contributed by atoms with E-state index in [1.54, 1.807) is 26.0 Å². The number of rotatable bonds is 9. The summed E-state index contributed by atoms with van der Waals surface area (Å²) in [6, 6.07) is 6.53. The lowest BCUT2D eigenvalue weighted by atomic mass is 9.33. The Bertz CT molecular complexity index is 1950. The molecule has 0 bridgehead atoms. The first kappa shape index (κ1) is 43.9. The highest BCUT2D eigenvalue weighted by atomic mass is 35.5. The third kappa shape index (κ3) is 6.63. The molecule has 6 aliphatic carbocycles. The number of benzene rings is 1. The first-order valence-corrected chi connectivity index (χ1v) is 22.8.